The number of hydrogen-bond acceptors (Lipinski definition) is 3. The molecule has 1 aromatic carbocycles. The van der Waals surface area contributed by atoms with E-state index < -0.39 is 0 Å². The molecule has 0 radical (unpaired) electrons. The minimum absolute atomic E-state index is 0. The van der Waals surface area contributed by atoms with E-state index in [4.69, 9.17) is 5.73 Å². The van der Waals surface area contributed by atoms with Crippen LogP contribution in [0.5, 0.6) is 0 Å². The van der Waals surface area contributed by atoms with Gasteiger partial charge in [0.1, 0.15) is 0 Å². The summed E-state index contributed by atoms with van der Waals surface area (Å²) in [5, 5.41) is 0. The predicted octanol–water partition coefficient (Wildman–Crippen LogP) is 3.16. The van der Waals surface area contributed by atoms with Crippen molar-refractivity contribution in [3.63, 3.8) is 0 Å². The second kappa shape index (κ2) is 9.40. The molecule has 0 atom stereocenters. The lowest BCUT2D eigenvalue weighted by Gasteiger charge is -2.41. The second-order valence-corrected chi connectivity index (χ2v) is 7.35. The van der Waals surface area contributed by atoms with Crippen molar-refractivity contribution in [2.45, 2.75) is 51.6 Å². The topological polar surface area (TPSA) is 49.6 Å². The van der Waals surface area contributed by atoms with Crippen LogP contribution in [-0.4, -0.2) is 53.5 Å². The van der Waals surface area contributed by atoms with Crippen LogP contribution in [0.1, 0.15) is 50.4 Å². The van der Waals surface area contributed by atoms with Gasteiger partial charge in [-0.25, -0.2) is 0 Å². The Hall–Kier alpha value is -1.10. The highest BCUT2D eigenvalue weighted by Gasteiger charge is 2.29. The van der Waals surface area contributed by atoms with Gasteiger partial charge in [0.05, 0.1) is 0 Å². The summed E-state index contributed by atoms with van der Waals surface area (Å²) in [4.78, 5) is 17.0. The van der Waals surface area contributed by atoms with E-state index in [-0.39, 0.29) is 23.9 Å². The lowest BCUT2D eigenvalue weighted by molar-refractivity contribution is 0.0590. The summed E-state index contributed by atoms with van der Waals surface area (Å²) in [5.74, 6) is 0.158. The Labute approximate surface area is 152 Å². The van der Waals surface area contributed by atoms with E-state index in [1.165, 1.54) is 0 Å². The Morgan fingerprint density at radius 2 is 1.83 bits per heavy atom. The van der Waals surface area contributed by atoms with Gasteiger partial charge in [0.2, 0.25) is 0 Å². The highest BCUT2D eigenvalue weighted by Crippen LogP contribution is 2.20. The molecule has 0 unspecified atom stereocenters. The summed E-state index contributed by atoms with van der Waals surface area (Å²) in [7, 11) is 0. The van der Waals surface area contributed by atoms with Crippen LogP contribution >= 0.6 is 12.4 Å². The third kappa shape index (κ3) is 6.08. The van der Waals surface area contributed by atoms with Crippen molar-refractivity contribution < 1.29 is 4.79 Å². The molecule has 24 heavy (non-hydrogen) atoms. The SMILES string of the molecule is CCCN(CC(C)(C)N)C1CCN(C(=O)c2ccccc2)CC1.Cl. The van der Waals surface area contributed by atoms with Gasteiger partial charge >= 0.3 is 0 Å². The lowest BCUT2D eigenvalue weighted by atomic mass is 9.98. The number of piperidine rings is 1. The number of carbonyl (C=O) groups excluding carboxylic acids is 1. The molecule has 0 aromatic heterocycles. The third-order valence-electron chi connectivity index (χ3n) is 4.41. The molecule has 1 fully saturated rings. The van der Waals surface area contributed by atoms with Crippen molar-refractivity contribution in [3.8, 4) is 0 Å². The molecule has 0 spiro atoms. The first-order chi connectivity index (χ1) is 10.9. The molecule has 1 saturated heterocycles. The molecule has 0 bridgehead atoms. The Bertz CT molecular complexity index is 493. The third-order valence-corrected chi connectivity index (χ3v) is 4.41. The first kappa shape index (κ1) is 20.9. The van der Waals surface area contributed by atoms with E-state index in [2.05, 4.69) is 25.7 Å². The fourth-order valence-corrected chi connectivity index (χ4v) is 3.40. The summed E-state index contributed by atoms with van der Waals surface area (Å²) in [5.41, 5.74) is 6.84. The van der Waals surface area contributed by atoms with Crippen LogP contribution in [0.25, 0.3) is 0 Å². The summed E-state index contributed by atoms with van der Waals surface area (Å²) in [6.45, 7) is 10.1. The number of carbonyl (C=O) groups is 1. The molecule has 2 rings (SSSR count). The maximum Gasteiger partial charge on any atom is 0.253 e. The summed E-state index contributed by atoms with van der Waals surface area (Å²) in [6.07, 6.45) is 3.21. The Morgan fingerprint density at radius 1 is 1.25 bits per heavy atom. The maximum atomic E-state index is 12.5. The fraction of sp³-hybridized carbons (Fsp3) is 0.632. The smallest absolute Gasteiger partial charge is 0.253 e. The van der Waals surface area contributed by atoms with Crippen molar-refractivity contribution in [2.75, 3.05) is 26.2 Å². The van der Waals surface area contributed by atoms with Gasteiger partial charge in [-0.1, -0.05) is 25.1 Å². The molecule has 0 aliphatic carbocycles. The molecule has 1 aliphatic heterocycles. The second-order valence-electron chi connectivity index (χ2n) is 7.35. The van der Waals surface area contributed by atoms with E-state index in [0.717, 1.165) is 51.0 Å². The number of halogens is 1. The van der Waals surface area contributed by atoms with Gasteiger partial charge < -0.3 is 10.6 Å². The van der Waals surface area contributed by atoms with E-state index in [9.17, 15) is 4.79 Å². The van der Waals surface area contributed by atoms with E-state index in [1.54, 1.807) is 0 Å². The first-order valence-corrected chi connectivity index (χ1v) is 8.78. The van der Waals surface area contributed by atoms with Crippen molar-refractivity contribution >= 4 is 18.3 Å². The maximum absolute atomic E-state index is 12.5. The molecule has 4 nitrogen and oxygen atoms in total. The number of nitrogens with two attached hydrogens (primary N) is 1. The standard InChI is InChI=1S/C19H31N3O.ClH/c1-4-12-22(15-19(2,3)20)17-10-13-21(14-11-17)18(23)16-8-6-5-7-9-16;/h5-9,17H,4,10-15,20H2,1-3H3;1H. The minimum Gasteiger partial charge on any atom is -0.339 e. The van der Waals surface area contributed by atoms with Gasteiger partial charge in [-0.2, -0.15) is 0 Å². The van der Waals surface area contributed by atoms with Crippen LogP contribution in [-0.2, 0) is 0 Å². The van der Waals surface area contributed by atoms with Gasteiger partial charge in [-0.3, -0.25) is 9.69 Å². The van der Waals surface area contributed by atoms with Crippen LogP contribution in [0.3, 0.4) is 0 Å². The van der Waals surface area contributed by atoms with Crippen molar-refractivity contribution in [1.29, 1.82) is 0 Å². The Kier molecular flexibility index (Phi) is 8.20. The monoisotopic (exact) mass is 353 g/mol. The molecule has 1 aliphatic rings. The fourth-order valence-electron chi connectivity index (χ4n) is 3.40. The molecule has 1 amide bonds. The zero-order chi connectivity index (χ0) is 16.9. The van der Waals surface area contributed by atoms with Crippen LogP contribution < -0.4 is 5.73 Å². The van der Waals surface area contributed by atoms with Crippen LogP contribution in [0.15, 0.2) is 30.3 Å². The zero-order valence-electron chi connectivity index (χ0n) is 15.2. The Morgan fingerprint density at radius 3 is 2.33 bits per heavy atom. The minimum atomic E-state index is -0.174. The summed E-state index contributed by atoms with van der Waals surface area (Å²) < 4.78 is 0. The van der Waals surface area contributed by atoms with Crippen molar-refractivity contribution in [1.82, 2.24) is 9.80 Å². The number of benzene rings is 1. The number of nitrogens with zero attached hydrogens (tertiary/aromatic N) is 2. The Balaban J connectivity index is 0.00000288. The average molecular weight is 354 g/mol. The van der Waals surface area contributed by atoms with Crippen LogP contribution in [0, 0.1) is 0 Å². The molecule has 0 saturated carbocycles. The van der Waals surface area contributed by atoms with Crippen molar-refractivity contribution in [2.24, 2.45) is 5.73 Å². The first-order valence-electron chi connectivity index (χ1n) is 8.78. The van der Waals surface area contributed by atoms with Crippen LogP contribution in [0.4, 0.5) is 0 Å². The van der Waals surface area contributed by atoms with Gasteiger partial charge in [0.15, 0.2) is 0 Å². The van der Waals surface area contributed by atoms with Crippen LogP contribution in [0.2, 0.25) is 0 Å². The molecular formula is C19H32ClN3O. The molecule has 1 aromatic rings. The molecule has 1 heterocycles. The number of rotatable bonds is 6. The predicted molar refractivity (Wildman–Crippen MR) is 103 cm³/mol. The van der Waals surface area contributed by atoms with Gasteiger partial charge in [0, 0.05) is 36.8 Å². The quantitative estimate of drug-likeness (QED) is 0.854. The lowest BCUT2D eigenvalue weighted by Crippen LogP contribution is -2.53. The normalized spacial score (nSPS) is 16.1. The van der Waals surface area contributed by atoms with Crippen molar-refractivity contribution in [3.05, 3.63) is 35.9 Å². The molecule has 136 valence electrons. The summed E-state index contributed by atoms with van der Waals surface area (Å²) >= 11 is 0. The number of likely N-dealkylation sites (tertiary alicyclic amines) is 1. The van der Waals surface area contributed by atoms with E-state index >= 15 is 0 Å². The molecule has 2 N–H and O–H groups in total. The van der Waals surface area contributed by atoms with E-state index in [0.29, 0.717) is 6.04 Å². The van der Waals surface area contributed by atoms with Gasteiger partial charge in [-0.15, -0.1) is 12.4 Å². The van der Waals surface area contributed by atoms with Gasteiger partial charge in [-0.05, 0) is 51.8 Å². The molecule has 5 heteroatoms. The highest BCUT2D eigenvalue weighted by atomic mass is 35.5. The number of hydrogen-bond donors (Lipinski definition) is 1. The molecular weight excluding hydrogens is 322 g/mol. The summed E-state index contributed by atoms with van der Waals surface area (Å²) in [6, 6.07) is 10.1. The largest absolute Gasteiger partial charge is 0.339 e. The average Bonchev–Trinajstić information content (AvgIpc) is 2.53. The number of amides is 1. The highest BCUT2D eigenvalue weighted by molar-refractivity contribution is 5.94. The van der Waals surface area contributed by atoms with Gasteiger partial charge in [0.25, 0.3) is 5.91 Å². The zero-order valence-corrected chi connectivity index (χ0v) is 16.0. The van der Waals surface area contributed by atoms with E-state index in [1.807, 2.05) is 35.2 Å².